The topological polar surface area (TPSA) is 48.1 Å². The van der Waals surface area contributed by atoms with E-state index in [-0.39, 0.29) is 0 Å². The second-order valence-corrected chi connectivity index (χ2v) is 8.90. The molecule has 2 aromatic carbocycles. The number of nitrogens with one attached hydrogen (secondary N) is 4. The summed E-state index contributed by atoms with van der Waals surface area (Å²) in [6.45, 7) is 8.88. The highest BCUT2D eigenvalue weighted by Crippen LogP contribution is 2.37. The van der Waals surface area contributed by atoms with Crippen LogP contribution in [0.25, 0.3) is 0 Å². The summed E-state index contributed by atoms with van der Waals surface area (Å²) in [6, 6.07) is 21.3. The van der Waals surface area contributed by atoms with E-state index in [0.717, 1.165) is 51.1 Å². The zero-order chi connectivity index (χ0) is 21.4. The van der Waals surface area contributed by atoms with Gasteiger partial charge in [0.05, 0.1) is 0 Å². The van der Waals surface area contributed by atoms with Crippen molar-refractivity contribution in [3.05, 3.63) is 71.8 Å². The molecule has 1 saturated carbocycles. The van der Waals surface area contributed by atoms with Gasteiger partial charge in [-0.25, -0.2) is 0 Å². The molecular formula is C27H42N4. The van der Waals surface area contributed by atoms with Crippen LogP contribution in [0.1, 0.15) is 43.2 Å². The van der Waals surface area contributed by atoms with E-state index in [4.69, 9.17) is 0 Å². The van der Waals surface area contributed by atoms with Crippen molar-refractivity contribution in [3.8, 4) is 0 Å². The molecule has 0 aromatic heterocycles. The summed E-state index contributed by atoms with van der Waals surface area (Å²) in [6.07, 6.45) is 6.41. The minimum atomic E-state index is 0.899. The fourth-order valence-corrected chi connectivity index (χ4v) is 4.04. The highest BCUT2D eigenvalue weighted by Gasteiger charge is 2.35. The Kier molecular flexibility index (Phi) is 11.7. The second-order valence-electron chi connectivity index (χ2n) is 8.90. The molecule has 0 amide bonds. The van der Waals surface area contributed by atoms with E-state index in [1.807, 2.05) is 0 Å². The quantitative estimate of drug-likeness (QED) is 0.275. The van der Waals surface area contributed by atoms with Gasteiger partial charge < -0.3 is 21.3 Å². The van der Waals surface area contributed by atoms with Crippen LogP contribution in [-0.2, 0) is 13.1 Å². The Morgan fingerprint density at radius 1 is 0.516 bits per heavy atom. The van der Waals surface area contributed by atoms with Crippen LogP contribution < -0.4 is 21.3 Å². The minimum absolute atomic E-state index is 0.899. The third kappa shape index (κ3) is 10.9. The summed E-state index contributed by atoms with van der Waals surface area (Å²) in [5.74, 6) is 1.80. The first-order chi connectivity index (χ1) is 15.4. The van der Waals surface area contributed by atoms with Gasteiger partial charge >= 0.3 is 0 Å². The molecule has 4 nitrogen and oxygen atoms in total. The predicted octanol–water partition coefficient (Wildman–Crippen LogP) is 3.94. The number of benzene rings is 2. The first kappa shape index (κ1) is 23.9. The number of rotatable bonds is 18. The number of hydrogen-bond acceptors (Lipinski definition) is 4. The second kappa shape index (κ2) is 15.1. The van der Waals surface area contributed by atoms with Crippen LogP contribution >= 0.6 is 0 Å². The summed E-state index contributed by atoms with van der Waals surface area (Å²) in [4.78, 5) is 0. The molecule has 0 saturated heterocycles. The normalized spacial score (nSPS) is 17.7. The molecule has 1 aliphatic rings. The van der Waals surface area contributed by atoms with Crippen molar-refractivity contribution in [3.63, 3.8) is 0 Å². The van der Waals surface area contributed by atoms with Gasteiger partial charge in [-0.15, -0.1) is 0 Å². The van der Waals surface area contributed by atoms with Gasteiger partial charge in [-0.1, -0.05) is 60.7 Å². The lowest BCUT2D eigenvalue weighted by molar-refractivity contribution is 0.529. The number of hydrogen-bond donors (Lipinski definition) is 4. The van der Waals surface area contributed by atoms with Crippen molar-refractivity contribution >= 4 is 0 Å². The fraction of sp³-hybridized carbons (Fsp3) is 0.556. The van der Waals surface area contributed by atoms with Gasteiger partial charge in [0.1, 0.15) is 0 Å². The van der Waals surface area contributed by atoms with E-state index < -0.39 is 0 Å². The Bertz CT molecular complexity index is 617. The molecule has 1 aliphatic carbocycles. The highest BCUT2D eigenvalue weighted by atomic mass is 14.9. The van der Waals surface area contributed by atoms with Crippen LogP contribution in [0, 0.1) is 11.8 Å². The molecule has 4 heteroatoms. The van der Waals surface area contributed by atoms with Gasteiger partial charge in [-0.05, 0) is 94.3 Å². The van der Waals surface area contributed by atoms with E-state index in [2.05, 4.69) is 81.9 Å². The fourth-order valence-electron chi connectivity index (χ4n) is 4.04. The van der Waals surface area contributed by atoms with Gasteiger partial charge in [0.25, 0.3) is 0 Å². The van der Waals surface area contributed by atoms with Crippen molar-refractivity contribution in [2.45, 2.75) is 45.2 Å². The lowest BCUT2D eigenvalue weighted by atomic mass is 10.2. The Morgan fingerprint density at radius 3 is 1.32 bits per heavy atom. The van der Waals surface area contributed by atoms with Crippen molar-refractivity contribution in [1.82, 2.24) is 21.3 Å². The molecule has 0 aliphatic heterocycles. The van der Waals surface area contributed by atoms with E-state index in [0.29, 0.717) is 0 Å². The molecule has 0 unspecified atom stereocenters. The smallest absolute Gasteiger partial charge is 0.0205 e. The molecular weight excluding hydrogens is 380 g/mol. The molecule has 3 rings (SSSR count). The van der Waals surface area contributed by atoms with Gasteiger partial charge in [0, 0.05) is 13.1 Å². The maximum absolute atomic E-state index is 3.66. The molecule has 2 atom stereocenters. The Labute approximate surface area is 189 Å². The molecule has 0 radical (unpaired) electrons. The van der Waals surface area contributed by atoms with Gasteiger partial charge in [-0.3, -0.25) is 0 Å². The maximum Gasteiger partial charge on any atom is 0.0205 e. The van der Waals surface area contributed by atoms with E-state index in [1.165, 1.54) is 56.3 Å². The van der Waals surface area contributed by atoms with Crippen LogP contribution in [-0.4, -0.2) is 39.3 Å². The summed E-state index contributed by atoms with van der Waals surface area (Å²) >= 11 is 0. The van der Waals surface area contributed by atoms with Crippen molar-refractivity contribution in [2.24, 2.45) is 11.8 Å². The Hall–Kier alpha value is -1.72. The molecule has 4 N–H and O–H groups in total. The molecule has 1 fully saturated rings. The molecule has 0 spiro atoms. The zero-order valence-electron chi connectivity index (χ0n) is 19.1. The minimum Gasteiger partial charge on any atom is -0.316 e. The van der Waals surface area contributed by atoms with Gasteiger partial charge in [-0.2, -0.15) is 0 Å². The summed E-state index contributed by atoms with van der Waals surface area (Å²) in [7, 11) is 0. The van der Waals surface area contributed by atoms with E-state index >= 15 is 0 Å². The lowest BCUT2D eigenvalue weighted by Gasteiger charge is -2.07. The largest absolute Gasteiger partial charge is 0.316 e. The summed E-state index contributed by atoms with van der Waals surface area (Å²) in [5, 5.41) is 14.4. The molecule has 0 heterocycles. The monoisotopic (exact) mass is 422 g/mol. The van der Waals surface area contributed by atoms with Crippen molar-refractivity contribution < 1.29 is 0 Å². The van der Waals surface area contributed by atoms with Crippen LogP contribution in [0.5, 0.6) is 0 Å². The van der Waals surface area contributed by atoms with Crippen LogP contribution in [0.2, 0.25) is 0 Å². The highest BCUT2D eigenvalue weighted by molar-refractivity contribution is 5.14. The predicted molar refractivity (Wildman–Crippen MR) is 132 cm³/mol. The number of unbranched alkanes of at least 4 members (excludes halogenated alkanes) is 2. The molecule has 2 aromatic rings. The summed E-state index contributed by atoms with van der Waals surface area (Å²) < 4.78 is 0. The standard InChI is InChI=1S/C27H42N4/c1-3-11-24(12-4-1)20-28-15-7-9-17-30-22-26-19-27(26)23-31-18-10-8-16-29-21-25-13-5-2-6-14-25/h1-6,11-14,26-31H,7-10,15-23H2/t26-,27-/m1/s1. The van der Waals surface area contributed by atoms with E-state index in [1.54, 1.807) is 0 Å². The van der Waals surface area contributed by atoms with Crippen LogP contribution in [0.4, 0.5) is 0 Å². The third-order valence-electron chi connectivity index (χ3n) is 6.14. The lowest BCUT2D eigenvalue weighted by Crippen LogP contribution is -2.23. The third-order valence-corrected chi connectivity index (χ3v) is 6.14. The SMILES string of the molecule is c1ccc(CNCCCCNC[C@H]2C[C@@H]2CNCCCCNCc2ccccc2)cc1. The van der Waals surface area contributed by atoms with Crippen LogP contribution in [0.3, 0.4) is 0 Å². The van der Waals surface area contributed by atoms with E-state index in [9.17, 15) is 0 Å². The molecule has 0 bridgehead atoms. The van der Waals surface area contributed by atoms with Gasteiger partial charge in [0.2, 0.25) is 0 Å². The van der Waals surface area contributed by atoms with Crippen LogP contribution in [0.15, 0.2) is 60.7 Å². The first-order valence-electron chi connectivity index (χ1n) is 12.3. The van der Waals surface area contributed by atoms with Crippen molar-refractivity contribution in [1.29, 1.82) is 0 Å². The summed E-state index contributed by atoms with van der Waals surface area (Å²) in [5.41, 5.74) is 2.74. The van der Waals surface area contributed by atoms with Gasteiger partial charge in [0.15, 0.2) is 0 Å². The molecule has 31 heavy (non-hydrogen) atoms. The zero-order valence-corrected chi connectivity index (χ0v) is 19.1. The first-order valence-corrected chi connectivity index (χ1v) is 12.3. The Morgan fingerprint density at radius 2 is 0.903 bits per heavy atom. The Balaban J connectivity index is 1.03. The van der Waals surface area contributed by atoms with Crippen molar-refractivity contribution in [2.75, 3.05) is 39.3 Å². The maximum atomic E-state index is 3.66. The molecule has 170 valence electrons. The average Bonchev–Trinajstić information content (AvgIpc) is 3.57. The average molecular weight is 423 g/mol.